The molecule has 5 N–H and O–H groups in total. The van der Waals surface area contributed by atoms with Crippen LogP contribution in [-0.4, -0.2) is 53.4 Å². The van der Waals surface area contributed by atoms with Crippen LogP contribution in [0, 0.1) is 13.8 Å². The quantitative estimate of drug-likeness (QED) is 0.0890. The Morgan fingerprint density at radius 3 is 1.78 bits per heavy atom. The van der Waals surface area contributed by atoms with E-state index in [0.29, 0.717) is 31.5 Å². The Morgan fingerprint density at radius 1 is 0.745 bits per heavy atom. The van der Waals surface area contributed by atoms with Crippen molar-refractivity contribution in [3.8, 4) is 0 Å². The molecule has 266 valence electrons. The molecule has 51 heavy (non-hydrogen) atoms. The second-order valence-electron chi connectivity index (χ2n) is 13.6. The molecule has 2 aliphatic heterocycles. The Labute approximate surface area is 299 Å². The number of hydrogen-bond acceptors (Lipinski definition) is 5. The van der Waals surface area contributed by atoms with Crippen molar-refractivity contribution in [1.29, 1.82) is 0 Å². The average Bonchev–Trinajstić information content (AvgIpc) is 3.92. The number of carboxylic acids is 1. The third kappa shape index (κ3) is 7.31. The van der Waals surface area contributed by atoms with Gasteiger partial charge in [-0.15, -0.1) is 0 Å². The van der Waals surface area contributed by atoms with Crippen molar-refractivity contribution in [2.24, 2.45) is 0 Å². The number of unbranched alkanes of at least 4 members (excludes halogenated alkanes) is 1. The molecule has 10 nitrogen and oxygen atoms in total. The lowest BCUT2D eigenvalue weighted by Gasteiger charge is -2.10. The molecule has 8 bridgehead atoms. The maximum atomic E-state index is 13.1. The van der Waals surface area contributed by atoms with Crippen LogP contribution in [-0.2, 0) is 28.9 Å². The van der Waals surface area contributed by atoms with Crippen LogP contribution in [0.3, 0.4) is 0 Å². The molecule has 4 aromatic heterocycles. The van der Waals surface area contributed by atoms with Gasteiger partial charge < -0.3 is 25.4 Å². The number of aryl methyl sites for hydroxylation is 5. The Balaban J connectivity index is 1.44. The number of H-pyrrole nitrogens is 3. The van der Waals surface area contributed by atoms with Crippen molar-refractivity contribution in [2.45, 2.75) is 99.3 Å². The number of hydrogen-bond donors (Lipinski definition) is 5. The Kier molecular flexibility index (Phi) is 10.7. The molecule has 0 aliphatic carbocycles. The van der Waals surface area contributed by atoms with Crippen molar-refractivity contribution in [3.63, 3.8) is 0 Å². The van der Waals surface area contributed by atoms with E-state index in [9.17, 15) is 14.7 Å². The normalized spacial score (nSPS) is 13.0. The number of fused-ring (bicyclic) bond motifs is 10. The minimum atomic E-state index is -0.858. The summed E-state index contributed by atoms with van der Waals surface area (Å²) >= 11 is 0. The van der Waals surface area contributed by atoms with E-state index in [1.165, 1.54) is 22.3 Å². The van der Waals surface area contributed by atoms with Crippen LogP contribution >= 0.6 is 0 Å². The first-order chi connectivity index (χ1) is 24.6. The van der Waals surface area contributed by atoms with Gasteiger partial charge in [-0.05, 0) is 141 Å². The lowest BCUT2D eigenvalue weighted by molar-refractivity contribution is -0.136. The molecule has 10 heteroatoms. The van der Waals surface area contributed by atoms with Crippen LogP contribution in [0.4, 0.5) is 0 Å². The molecule has 0 spiro atoms. The number of nitrogens with zero attached hydrogens (tertiary/aromatic N) is 3. The molecule has 6 rings (SSSR count). The minimum Gasteiger partial charge on any atom is -0.481 e. The molecule has 2 aliphatic rings. The van der Waals surface area contributed by atoms with Gasteiger partial charge in [-0.2, -0.15) is 0 Å². The van der Waals surface area contributed by atoms with Crippen LogP contribution in [0.5, 0.6) is 0 Å². The lowest BCUT2D eigenvalue weighted by Crippen LogP contribution is -2.24. The number of carboxylic acid groups (broad SMARTS) is 1. The highest BCUT2D eigenvalue weighted by atomic mass is 16.4. The van der Waals surface area contributed by atoms with Gasteiger partial charge in [-0.25, -0.2) is 15.0 Å². The standard InChI is InChI=1S/C41H49N7O3/c1-7-28-25(5)38-39-26(6)29(8-2)35(48-39)17-15-33-24(4)31(13-19-37(50)51)41(46-33)40-30(23(3)32(45-40)14-16-34(28)47-38)12-18-36(49)43-20-10-9-11-27-21-42-22-44-27/h14-17,21-22,47-48H,7-13,18-20H2,1-6H3,(H,42,44)(H,43,49)(H,50,51). The summed E-state index contributed by atoms with van der Waals surface area (Å²) in [6, 6.07) is 8.29. The molecule has 0 fully saturated rings. The van der Waals surface area contributed by atoms with Gasteiger partial charge in [0.25, 0.3) is 0 Å². The summed E-state index contributed by atoms with van der Waals surface area (Å²) in [7, 11) is 0. The van der Waals surface area contributed by atoms with Gasteiger partial charge in [-0.1, -0.05) is 13.8 Å². The number of carbonyl (C=O) groups excluding carboxylic acids is 1. The first kappa shape index (κ1) is 35.6. The van der Waals surface area contributed by atoms with Crippen molar-refractivity contribution >= 4 is 56.2 Å². The van der Waals surface area contributed by atoms with Crippen LogP contribution < -0.4 is 5.32 Å². The fourth-order valence-electron chi connectivity index (χ4n) is 7.52. The van der Waals surface area contributed by atoms with Crippen LogP contribution in [0.25, 0.3) is 44.4 Å². The van der Waals surface area contributed by atoms with Gasteiger partial charge in [0.2, 0.25) is 5.91 Å². The molecular weight excluding hydrogens is 638 g/mol. The Morgan fingerprint density at radius 2 is 1.29 bits per heavy atom. The molecule has 6 heterocycles. The van der Waals surface area contributed by atoms with E-state index in [4.69, 9.17) is 9.97 Å². The fourth-order valence-corrected chi connectivity index (χ4v) is 7.52. The highest BCUT2D eigenvalue weighted by molar-refractivity contribution is 6.00. The maximum Gasteiger partial charge on any atom is 0.303 e. The van der Waals surface area contributed by atoms with Gasteiger partial charge in [0.1, 0.15) is 0 Å². The Hall–Kier alpha value is -5.25. The van der Waals surface area contributed by atoms with Crippen LogP contribution in [0.1, 0.15) is 117 Å². The van der Waals surface area contributed by atoms with Crippen molar-refractivity contribution in [3.05, 3.63) is 87.5 Å². The number of carbonyl (C=O) groups is 2. The number of amides is 1. The zero-order valence-electron chi connectivity index (χ0n) is 30.6. The number of aromatic amines is 3. The zero-order valence-corrected chi connectivity index (χ0v) is 30.6. The number of aliphatic carboxylic acids is 1. The first-order valence-electron chi connectivity index (χ1n) is 18.2. The van der Waals surface area contributed by atoms with Crippen molar-refractivity contribution in [2.75, 3.05) is 6.54 Å². The second-order valence-corrected chi connectivity index (χ2v) is 13.6. The fraction of sp³-hybridized carbons (Fsp3) is 0.390. The average molecular weight is 688 g/mol. The molecule has 0 saturated carbocycles. The van der Waals surface area contributed by atoms with E-state index in [-0.39, 0.29) is 12.3 Å². The van der Waals surface area contributed by atoms with Gasteiger partial charge in [0.05, 0.1) is 40.1 Å². The largest absolute Gasteiger partial charge is 0.481 e. The molecule has 0 radical (unpaired) electrons. The van der Waals surface area contributed by atoms with Gasteiger partial charge in [-0.3, -0.25) is 9.59 Å². The molecule has 4 aromatic rings. The van der Waals surface area contributed by atoms with E-state index < -0.39 is 5.97 Å². The summed E-state index contributed by atoms with van der Waals surface area (Å²) in [6.07, 6.45) is 9.13. The summed E-state index contributed by atoms with van der Waals surface area (Å²) < 4.78 is 0. The van der Waals surface area contributed by atoms with Crippen LogP contribution in [0.15, 0.2) is 36.8 Å². The smallest absolute Gasteiger partial charge is 0.303 e. The number of allylic oxidation sites excluding steroid dienone is 4. The van der Waals surface area contributed by atoms with Crippen molar-refractivity contribution in [1.82, 2.24) is 35.2 Å². The summed E-state index contributed by atoms with van der Waals surface area (Å²) in [5.74, 6) is -0.864. The van der Waals surface area contributed by atoms with Gasteiger partial charge in [0, 0.05) is 42.3 Å². The molecule has 0 saturated heterocycles. The van der Waals surface area contributed by atoms with Gasteiger partial charge in [0.15, 0.2) is 0 Å². The summed E-state index contributed by atoms with van der Waals surface area (Å²) in [5.41, 5.74) is 17.1. The van der Waals surface area contributed by atoms with E-state index in [1.54, 1.807) is 6.33 Å². The highest BCUT2D eigenvalue weighted by Gasteiger charge is 2.27. The second kappa shape index (κ2) is 15.3. The van der Waals surface area contributed by atoms with Gasteiger partial charge >= 0.3 is 5.97 Å². The van der Waals surface area contributed by atoms with Crippen LogP contribution in [0.2, 0.25) is 0 Å². The highest BCUT2D eigenvalue weighted by Crippen LogP contribution is 2.41. The predicted molar refractivity (Wildman–Crippen MR) is 205 cm³/mol. The molecule has 1 amide bonds. The summed E-state index contributed by atoms with van der Waals surface area (Å²) in [6.45, 7) is 13.4. The SMILES string of the molecule is CCc1c(C)c2[nH]c1ccc1nc(c3nc(ccc4[nH]c2c(C)c4CC)C(C)=C3CCC(=O)NCCCCc2cnc[nH]2)C(CCC(=O)O)=C1C. The topological polar surface area (TPSA) is 152 Å². The monoisotopic (exact) mass is 687 g/mol. The number of aromatic nitrogens is 6. The third-order valence-electron chi connectivity index (χ3n) is 10.5. The predicted octanol–water partition coefficient (Wildman–Crippen LogP) is 8.43. The minimum absolute atomic E-state index is 0.00549. The molecule has 0 aromatic carbocycles. The van der Waals surface area contributed by atoms with E-state index in [2.05, 4.69) is 78.1 Å². The number of nitrogens with one attached hydrogen (secondary N) is 4. The molecular formula is C41H49N7O3. The molecule has 0 unspecified atom stereocenters. The molecule has 0 atom stereocenters. The Bertz CT molecular complexity index is 2200. The summed E-state index contributed by atoms with van der Waals surface area (Å²) in [4.78, 5) is 49.8. The zero-order chi connectivity index (χ0) is 36.2. The number of imidazole rings is 1. The van der Waals surface area contributed by atoms with E-state index in [0.717, 1.165) is 99.2 Å². The van der Waals surface area contributed by atoms with Crippen molar-refractivity contribution < 1.29 is 14.7 Å². The summed E-state index contributed by atoms with van der Waals surface area (Å²) in [5, 5.41) is 12.8. The van der Waals surface area contributed by atoms with E-state index >= 15 is 0 Å². The number of rotatable bonds is 13. The third-order valence-corrected chi connectivity index (χ3v) is 10.5. The first-order valence-corrected chi connectivity index (χ1v) is 18.2. The maximum absolute atomic E-state index is 13.1. The lowest BCUT2D eigenvalue weighted by atomic mass is 9.95. The van der Waals surface area contributed by atoms with E-state index in [1.807, 2.05) is 19.2 Å².